The monoisotopic (exact) mass is 282 g/mol. The van der Waals surface area contributed by atoms with Crippen LogP contribution in [0.4, 0.5) is 4.39 Å². The summed E-state index contributed by atoms with van der Waals surface area (Å²) in [6, 6.07) is 1.12. The summed E-state index contributed by atoms with van der Waals surface area (Å²) < 4.78 is 12.9. The maximum absolute atomic E-state index is 12.9. The van der Waals surface area contributed by atoms with Gasteiger partial charge >= 0.3 is 5.97 Å². The predicted octanol–water partition coefficient (Wildman–Crippen LogP) is 2.23. The van der Waals surface area contributed by atoms with Gasteiger partial charge in [-0.25, -0.2) is 4.39 Å². The summed E-state index contributed by atoms with van der Waals surface area (Å²) in [4.78, 5) is 25.9. The molecule has 0 aliphatic carbocycles. The fourth-order valence-electron chi connectivity index (χ4n) is 1.72. The molecule has 1 heterocycles. The van der Waals surface area contributed by atoms with Gasteiger partial charge < -0.3 is 10.4 Å². The molecule has 0 saturated carbocycles. The molecule has 110 valence electrons. The van der Waals surface area contributed by atoms with Crippen molar-refractivity contribution in [3.05, 3.63) is 29.8 Å². The number of hydrogen-bond acceptors (Lipinski definition) is 3. The second kappa shape index (κ2) is 6.98. The number of aromatic nitrogens is 1. The van der Waals surface area contributed by atoms with E-state index in [4.69, 9.17) is 5.11 Å². The highest BCUT2D eigenvalue weighted by Crippen LogP contribution is 2.26. The largest absolute Gasteiger partial charge is 0.481 e. The first-order chi connectivity index (χ1) is 9.30. The maximum atomic E-state index is 12.9. The van der Waals surface area contributed by atoms with E-state index < -0.39 is 11.8 Å². The summed E-state index contributed by atoms with van der Waals surface area (Å²) in [6.45, 7) is 4.31. The molecule has 0 spiro atoms. The molecule has 0 radical (unpaired) electrons. The highest BCUT2D eigenvalue weighted by molar-refractivity contribution is 5.93. The molecular formula is C14H19FN2O3. The lowest BCUT2D eigenvalue weighted by atomic mass is 9.84. The summed E-state index contributed by atoms with van der Waals surface area (Å²) in [5.41, 5.74) is -0.000353. The average Bonchev–Trinajstić information content (AvgIpc) is 2.36. The van der Waals surface area contributed by atoms with Crippen LogP contribution in [-0.4, -0.2) is 28.5 Å². The van der Waals surface area contributed by atoms with Crippen LogP contribution >= 0.6 is 0 Å². The normalized spacial score (nSPS) is 11.2. The second-order valence-corrected chi connectivity index (χ2v) is 5.46. The third kappa shape index (κ3) is 5.77. The third-order valence-electron chi connectivity index (χ3n) is 3.07. The molecule has 1 amide bonds. The van der Waals surface area contributed by atoms with E-state index in [-0.39, 0.29) is 23.3 Å². The number of rotatable bonds is 7. The van der Waals surface area contributed by atoms with Crippen molar-refractivity contribution in [2.24, 2.45) is 5.41 Å². The van der Waals surface area contributed by atoms with Crippen molar-refractivity contribution in [2.45, 2.75) is 33.1 Å². The van der Waals surface area contributed by atoms with Gasteiger partial charge in [0.15, 0.2) is 0 Å². The maximum Gasteiger partial charge on any atom is 0.303 e. The summed E-state index contributed by atoms with van der Waals surface area (Å²) in [6.07, 6.45) is 3.63. The Morgan fingerprint density at radius 1 is 1.35 bits per heavy atom. The topological polar surface area (TPSA) is 79.3 Å². The number of carboxylic acid groups (broad SMARTS) is 1. The van der Waals surface area contributed by atoms with Crippen LogP contribution in [-0.2, 0) is 4.79 Å². The van der Waals surface area contributed by atoms with Gasteiger partial charge in [0, 0.05) is 19.2 Å². The predicted molar refractivity (Wildman–Crippen MR) is 71.8 cm³/mol. The third-order valence-corrected chi connectivity index (χ3v) is 3.07. The summed E-state index contributed by atoms with van der Waals surface area (Å²) in [7, 11) is 0. The Morgan fingerprint density at radius 3 is 2.65 bits per heavy atom. The summed E-state index contributed by atoms with van der Waals surface area (Å²) >= 11 is 0. The van der Waals surface area contributed by atoms with E-state index >= 15 is 0 Å². The van der Waals surface area contributed by atoms with Gasteiger partial charge in [-0.15, -0.1) is 0 Å². The van der Waals surface area contributed by atoms with Crippen LogP contribution in [0.1, 0.15) is 43.5 Å². The van der Waals surface area contributed by atoms with Crippen molar-refractivity contribution in [1.82, 2.24) is 10.3 Å². The summed E-state index contributed by atoms with van der Waals surface area (Å²) in [5, 5.41) is 11.3. The van der Waals surface area contributed by atoms with Crippen molar-refractivity contribution in [3.8, 4) is 0 Å². The zero-order valence-corrected chi connectivity index (χ0v) is 11.6. The lowest BCUT2D eigenvalue weighted by Gasteiger charge is -2.23. The number of carbonyl (C=O) groups excluding carboxylic acids is 1. The molecule has 1 aromatic heterocycles. The van der Waals surface area contributed by atoms with Gasteiger partial charge in [-0.1, -0.05) is 13.8 Å². The van der Waals surface area contributed by atoms with Gasteiger partial charge in [0.1, 0.15) is 5.82 Å². The van der Waals surface area contributed by atoms with Gasteiger partial charge in [0.25, 0.3) is 5.91 Å². The quantitative estimate of drug-likeness (QED) is 0.803. The molecule has 1 aromatic rings. The summed E-state index contributed by atoms with van der Waals surface area (Å²) in [5.74, 6) is -1.77. The van der Waals surface area contributed by atoms with E-state index in [1.165, 1.54) is 6.20 Å². The Bertz CT molecular complexity index is 489. The molecule has 6 heteroatoms. The molecule has 0 fully saturated rings. The minimum Gasteiger partial charge on any atom is -0.481 e. The smallest absolute Gasteiger partial charge is 0.303 e. The molecular weight excluding hydrogens is 263 g/mol. The zero-order chi connectivity index (χ0) is 15.2. The van der Waals surface area contributed by atoms with Crippen LogP contribution in [0.5, 0.6) is 0 Å². The molecule has 0 aliphatic rings. The molecule has 0 unspecified atom stereocenters. The number of aliphatic carboxylic acids is 1. The van der Waals surface area contributed by atoms with E-state index in [1.54, 1.807) is 0 Å². The van der Waals surface area contributed by atoms with Crippen molar-refractivity contribution in [3.63, 3.8) is 0 Å². The Morgan fingerprint density at radius 2 is 2.05 bits per heavy atom. The average molecular weight is 282 g/mol. The Labute approximate surface area is 117 Å². The van der Waals surface area contributed by atoms with Crippen LogP contribution in [0.3, 0.4) is 0 Å². The van der Waals surface area contributed by atoms with Crippen LogP contribution in [0.2, 0.25) is 0 Å². The van der Waals surface area contributed by atoms with Gasteiger partial charge in [-0.2, -0.15) is 0 Å². The molecule has 20 heavy (non-hydrogen) atoms. The number of carbonyl (C=O) groups is 2. The number of amides is 1. The minimum atomic E-state index is -0.826. The van der Waals surface area contributed by atoms with Crippen LogP contribution in [0.15, 0.2) is 18.5 Å². The lowest BCUT2D eigenvalue weighted by Crippen LogP contribution is -2.28. The fourth-order valence-corrected chi connectivity index (χ4v) is 1.72. The molecule has 0 aromatic carbocycles. The SMILES string of the molecule is CC(C)(CCNC(=O)c1cncc(F)c1)CCC(=O)O. The van der Waals surface area contributed by atoms with Gasteiger partial charge in [0.2, 0.25) is 0 Å². The standard InChI is InChI=1S/C14H19FN2O3/c1-14(2,4-3-12(18)19)5-6-17-13(20)10-7-11(15)9-16-8-10/h7-9H,3-6H2,1-2H3,(H,17,20)(H,18,19). The first-order valence-corrected chi connectivity index (χ1v) is 6.41. The highest BCUT2D eigenvalue weighted by Gasteiger charge is 2.19. The van der Waals surface area contributed by atoms with Gasteiger partial charge in [0.05, 0.1) is 11.8 Å². The molecule has 5 nitrogen and oxygen atoms in total. The molecule has 0 saturated heterocycles. The van der Waals surface area contributed by atoms with Crippen LogP contribution < -0.4 is 5.32 Å². The second-order valence-electron chi connectivity index (χ2n) is 5.46. The first-order valence-electron chi connectivity index (χ1n) is 6.41. The molecule has 0 aliphatic heterocycles. The Hall–Kier alpha value is -1.98. The van der Waals surface area contributed by atoms with E-state index in [9.17, 15) is 14.0 Å². The Kier molecular flexibility index (Phi) is 5.61. The molecule has 0 bridgehead atoms. The zero-order valence-electron chi connectivity index (χ0n) is 11.6. The van der Waals surface area contributed by atoms with Gasteiger partial charge in [-0.05, 0) is 24.3 Å². The molecule has 0 atom stereocenters. The number of hydrogen-bond donors (Lipinski definition) is 2. The molecule has 1 rings (SSSR count). The van der Waals surface area contributed by atoms with E-state index in [0.717, 1.165) is 12.3 Å². The highest BCUT2D eigenvalue weighted by atomic mass is 19.1. The number of carboxylic acids is 1. The minimum absolute atomic E-state index is 0.106. The fraction of sp³-hybridized carbons (Fsp3) is 0.500. The van der Waals surface area contributed by atoms with Crippen molar-refractivity contribution in [2.75, 3.05) is 6.54 Å². The van der Waals surface area contributed by atoms with Crippen molar-refractivity contribution < 1.29 is 19.1 Å². The Balaban J connectivity index is 2.40. The lowest BCUT2D eigenvalue weighted by molar-refractivity contribution is -0.137. The number of nitrogens with zero attached hydrogens (tertiary/aromatic N) is 1. The van der Waals surface area contributed by atoms with Crippen LogP contribution in [0, 0.1) is 11.2 Å². The molecule has 2 N–H and O–H groups in total. The number of halogens is 1. The first kappa shape index (κ1) is 16.1. The van der Waals surface area contributed by atoms with E-state index in [2.05, 4.69) is 10.3 Å². The van der Waals surface area contributed by atoms with E-state index in [0.29, 0.717) is 19.4 Å². The van der Waals surface area contributed by atoms with Crippen molar-refractivity contribution in [1.29, 1.82) is 0 Å². The van der Waals surface area contributed by atoms with Crippen LogP contribution in [0.25, 0.3) is 0 Å². The van der Waals surface area contributed by atoms with Crippen molar-refractivity contribution >= 4 is 11.9 Å². The number of nitrogens with one attached hydrogen (secondary N) is 1. The van der Waals surface area contributed by atoms with E-state index in [1.807, 2.05) is 13.8 Å². The van der Waals surface area contributed by atoms with Gasteiger partial charge in [-0.3, -0.25) is 14.6 Å². The number of pyridine rings is 1.